The number of nitrogens with one attached hydrogen (secondary N) is 1. The molecule has 0 saturated heterocycles. The SMILES string of the molecule is CNC(CCN(C)CCOC)(C(=O)OC)c1ccccc1. The van der Waals surface area contributed by atoms with Gasteiger partial charge in [0, 0.05) is 20.2 Å². The van der Waals surface area contributed by atoms with Crippen LogP contribution >= 0.6 is 0 Å². The molecular weight excluding hydrogens is 268 g/mol. The first kappa shape index (κ1) is 17.6. The summed E-state index contributed by atoms with van der Waals surface area (Å²) in [7, 11) is 6.91. The Morgan fingerprint density at radius 3 is 2.43 bits per heavy atom. The third-order valence-electron chi connectivity index (χ3n) is 3.77. The van der Waals surface area contributed by atoms with Crippen molar-refractivity contribution >= 4 is 5.97 Å². The summed E-state index contributed by atoms with van der Waals surface area (Å²) < 4.78 is 10.1. The lowest BCUT2D eigenvalue weighted by atomic mass is 9.86. The van der Waals surface area contributed by atoms with E-state index in [2.05, 4.69) is 10.2 Å². The first-order valence-electron chi connectivity index (χ1n) is 7.11. The van der Waals surface area contributed by atoms with Gasteiger partial charge in [-0.2, -0.15) is 0 Å². The van der Waals surface area contributed by atoms with Crippen molar-refractivity contribution in [2.24, 2.45) is 0 Å². The van der Waals surface area contributed by atoms with Crippen LogP contribution in [-0.2, 0) is 19.8 Å². The van der Waals surface area contributed by atoms with Crippen molar-refractivity contribution in [1.82, 2.24) is 10.2 Å². The van der Waals surface area contributed by atoms with E-state index in [0.717, 1.165) is 18.7 Å². The summed E-state index contributed by atoms with van der Waals surface area (Å²) in [5.74, 6) is -0.267. The minimum absolute atomic E-state index is 0.267. The summed E-state index contributed by atoms with van der Waals surface area (Å²) >= 11 is 0. The molecule has 5 nitrogen and oxygen atoms in total. The van der Waals surface area contributed by atoms with Gasteiger partial charge in [-0.15, -0.1) is 0 Å². The molecule has 0 radical (unpaired) electrons. The maximum atomic E-state index is 12.4. The zero-order chi connectivity index (χ0) is 15.7. The number of nitrogens with zero attached hydrogens (tertiary/aromatic N) is 1. The molecule has 0 aromatic heterocycles. The molecule has 0 saturated carbocycles. The van der Waals surface area contributed by atoms with Crippen LogP contribution in [-0.4, -0.2) is 58.9 Å². The molecule has 0 spiro atoms. The van der Waals surface area contributed by atoms with Crippen molar-refractivity contribution in [2.75, 3.05) is 48.0 Å². The number of likely N-dealkylation sites (N-methyl/N-ethyl adjacent to an activating group) is 2. The van der Waals surface area contributed by atoms with Gasteiger partial charge >= 0.3 is 5.97 Å². The smallest absolute Gasteiger partial charge is 0.330 e. The monoisotopic (exact) mass is 294 g/mol. The lowest BCUT2D eigenvalue weighted by molar-refractivity contribution is -0.149. The molecular formula is C16H26N2O3. The summed E-state index contributed by atoms with van der Waals surface area (Å²) in [5.41, 5.74) is 0.0941. The lowest BCUT2D eigenvalue weighted by Gasteiger charge is -2.32. The number of esters is 1. The molecule has 1 rings (SSSR count). The Morgan fingerprint density at radius 2 is 1.90 bits per heavy atom. The van der Waals surface area contributed by atoms with Crippen molar-refractivity contribution in [2.45, 2.75) is 12.0 Å². The van der Waals surface area contributed by atoms with Crippen LogP contribution in [0.1, 0.15) is 12.0 Å². The summed E-state index contributed by atoms with van der Waals surface area (Å²) in [5, 5.41) is 3.16. The summed E-state index contributed by atoms with van der Waals surface area (Å²) in [6.07, 6.45) is 0.625. The van der Waals surface area contributed by atoms with Crippen LogP contribution in [0, 0.1) is 0 Å². The second-order valence-corrected chi connectivity index (χ2v) is 5.06. The zero-order valence-electron chi connectivity index (χ0n) is 13.4. The fourth-order valence-electron chi connectivity index (χ4n) is 2.35. The Labute approximate surface area is 127 Å². The van der Waals surface area contributed by atoms with Crippen LogP contribution in [0.3, 0.4) is 0 Å². The van der Waals surface area contributed by atoms with E-state index < -0.39 is 5.54 Å². The highest BCUT2D eigenvalue weighted by Gasteiger charge is 2.39. The maximum absolute atomic E-state index is 12.4. The van der Waals surface area contributed by atoms with Gasteiger partial charge in [-0.05, 0) is 26.1 Å². The van der Waals surface area contributed by atoms with Gasteiger partial charge < -0.3 is 19.7 Å². The van der Waals surface area contributed by atoms with Gasteiger partial charge in [-0.3, -0.25) is 0 Å². The van der Waals surface area contributed by atoms with Gasteiger partial charge in [0.2, 0.25) is 0 Å². The molecule has 21 heavy (non-hydrogen) atoms. The fraction of sp³-hybridized carbons (Fsp3) is 0.562. The molecule has 0 heterocycles. The molecule has 1 N–H and O–H groups in total. The zero-order valence-corrected chi connectivity index (χ0v) is 13.4. The third-order valence-corrected chi connectivity index (χ3v) is 3.77. The van der Waals surface area contributed by atoms with Crippen LogP contribution in [0.5, 0.6) is 0 Å². The van der Waals surface area contributed by atoms with Gasteiger partial charge in [0.15, 0.2) is 0 Å². The quantitative estimate of drug-likeness (QED) is 0.695. The number of carbonyl (C=O) groups excluding carboxylic acids is 1. The number of hydrogen-bond donors (Lipinski definition) is 1. The van der Waals surface area contributed by atoms with Crippen molar-refractivity contribution in [3.8, 4) is 0 Å². The first-order valence-corrected chi connectivity index (χ1v) is 7.11. The summed E-state index contributed by atoms with van der Waals surface area (Å²) in [6, 6.07) is 9.69. The van der Waals surface area contributed by atoms with E-state index in [4.69, 9.17) is 9.47 Å². The molecule has 1 atom stereocenters. The fourth-order valence-corrected chi connectivity index (χ4v) is 2.35. The molecule has 118 valence electrons. The van der Waals surface area contributed by atoms with Crippen molar-refractivity contribution in [1.29, 1.82) is 0 Å². The van der Waals surface area contributed by atoms with E-state index in [9.17, 15) is 4.79 Å². The van der Waals surface area contributed by atoms with Crippen molar-refractivity contribution in [3.63, 3.8) is 0 Å². The highest BCUT2D eigenvalue weighted by molar-refractivity contribution is 5.82. The number of rotatable bonds is 9. The number of carbonyl (C=O) groups is 1. The molecule has 1 aromatic carbocycles. The molecule has 1 unspecified atom stereocenters. The number of ether oxygens (including phenoxy) is 2. The van der Waals surface area contributed by atoms with E-state index in [1.807, 2.05) is 37.4 Å². The Morgan fingerprint density at radius 1 is 1.24 bits per heavy atom. The van der Waals surface area contributed by atoms with Crippen LogP contribution in [0.25, 0.3) is 0 Å². The molecule has 5 heteroatoms. The number of methoxy groups -OCH3 is 2. The highest BCUT2D eigenvalue weighted by Crippen LogP contribution is 2.26. The normalized spacial score (nSPS) is 14.0. The Bertz CT molecular complexity index is 425. The average Bonchev–Trinajstić information content (AvgIpc) is 2.54. The van der Waals surface area contributed by atoms with E-state index in [1.54, 1.807) is 14.2 Å². The molecule has 0 amide bonds. The van der Waals surface area contributed by atoms with Crippen LogP contribution < -0.4 is 5.32 Å². The lowest BCUT2D eigenvalue weighted by Crippen LogP contribution is -2.50. The van der Waals surface area contributed by atoms with Crippen LogP contribution in [0.2, 0.25) is 0 Å². The van der Waals surface area contributed by atoms with Gasteiger partial charge in [0.1, 0.15) is 5.54 Å². The van der Waals surface area contributed by atoms with Gasteiger partial charge in [-0.25, -0.2) is 4.79 Å². The number of benzene rings is 1. The molecule has 0 aliphatic rings. The van der Waals surface area contributed by atoms with Crippen molar-refractivity contribution in [3.05, 3.63) is 35.9 Å². The second-order valence-electron chi connectivity index (χ2n) is 5.06. The standard InChI is InChI=1S/C16H26N2O3/c1-17-16(15(19)21-4,14-8-6-5-7-9-14)10-11-18(2)12-13-20-3/h5-9,17H,10-13H2,1-4H3. The molecule has 0 aliphatic heterocycles. The van der Waals surface area contributed by atoms with E-state index in [-0.39, 0.29) is 5.97 Å². The van der Waals surface area contributed by atoms with E-state index in [0.29, 0.717) is 13.0 Å². The highest BCUT2D eigenvalue weighted by atomic mass is 16.5. The average molecular weight is 294 g/mol. The summed E-state index contributed by atoms with van der Waals surface area (Å²) in [6.45, 7) is 2.26. The second kappa shape index (κ2) is 8.77. The largest absolute Gasteiger partial charge is 0.467 e. The molecule has 0 bridgehead atoms. The predicted octanol–water partition coefficient (Wildman–Crippen LogP) is 1.24. The van der Waals surface area contributed by atoms with Gasteiger partial charge in [0.25, 0.3) is 0 Å². The minimum atomic E-state index is -0.822. The van der Waals surface area contributed by atoms with E-state index in [1.165, 1.54) is 7.11 Å². The van der Waals surface area contributed by atoms with Gasteiger partial charge in [-0.1, -0.05) is 30.3 Å². The Hall–Kier alpha value is -1.43. The van der Waals surface area contributed by atoms with Crippen LogP contribution in [0.4, 0.5) is 0 Å². The maximum Gasteiger partial charge on any atom is 0.330 e. The van der Waals surface area contributed by atoms with Crippen LogP contribution in [0.15, 0.2) is 30.3 Å². The first-order chi connectivity index (χ1) is 10.1. The summed E-state index contributed by atoms with van der Waals surface area (Å²) in [4.78, 5) is 14.5. The molecule has 1 aromatic rings. The topological polar surface area (TPSA) is 50.8 Å². The Balaban J connectivity index is 2.90. The third kappa shape index (κ3) is 4.52. The van der Waals surface area contributed by atoms with E-state index >= 15 is 0 Å². The Kier molecular flexibility index (Phi) is 7.36. The van der Waals surface area contributed by atoms with Gasteiger partial charge in [0.05, 0.1) is 13.7 Å². The minimum Gasteiger partial charge on any atom is -0.467 e. The van der Waals surface area contributed by atoms with Crippen molar-refractivity contribution < 1.29 is 14.3 Å². The molecule has 0 aliphatic carbocycles. The molecule has 0 fully saturated rings. The predicted molar refractivity (Wildman–Crippen MR) is 83.2 cm³/mol. The number of hydrogen-bond acceptors (Lipinski definition) is 5.